The van der Waals surface area contributed by atoms with Crippen molar-refractivity contribution in [2.45, 2.75) is 57.3 Å². The summed E-state index contributed by atoms with van der Waals surface area (Å²) in [6, 6.07) is 9.94. The summed E-state index contributed by atoms with van der Waals surface area (Å²) < 4.78 is 37.0. The van der Waals surface area contributed by atoms with Gasteiger partial charge in [0.05, 0.1) is 17.7 Å². The van der Waals surface area contributed by atoms with Crippen LogP contribution in [0, 0.1) is 0 Å². The van der Waals surface area contributed by atoms with E-state index in [0.717, 1.165) is 22.4 Å². The predicted molar refractivity (Wildman–Crippen MR) is 114 cm³/mol. The molecule has 0 aliphatic heterocycles. The van der Waals surface area contributed by atoms with Crippen molar-refractivity contribution in [3.05, 3.63) is 53.1 Å². The molecule has 152 valence electrons. The van der Waals surface area contributed by atoms with Crippen LogP contribution in [0.4, 0.5) is 5.69 Å². The molecule has 0 aromatic heterocycles. The Kier molecular flexibility index (Phi) is 6.07. The predicted octanol–water partition coefficient (Wildman–Crippen LogP) is 5.29. The summed E-state index contributed by atoms with van der Waals surface area (Å²) in [5, 5.41) is 0. The lowest BCUT2D eigenvalue weighted by Gasteiger charge is -2.28. The van der Waals surface area contributed by atoms with E-state index in [0.29, 0.717) is 5.69 Å². The molecule has 2 aromatic carbocycles. The van der Waals surface area contributed by atoms with Gasteiger partial charge in [0.15, 0.2) is 0 Å². The molecule has 5 nitrogen and oxygen atoms in total. The lowest BCUT2D eigenvalue weighted by molar-refractivity contribution is 0.396. The molecule has 0 bridgehead atoms. The summed E-state index contributed by atoms with van der Waals surface area (Å²) in [5.41, 5.74) is 3.66. The number of nitrogens with zero attached hydrogens (tertiary/aromatic N) is 1. The van der Waals surface area contributed by atoms with Crippen molar-refractivity contribution < 1.29 is 17.7 Å². The minimum atomic E-state index is -4.21. The van der Waals surface area contributed by atoms with Crippen molar-refractivity contribution in [3.8, 4) is 5.75 Å². The summed E-state index contributed by atoms with van der Waals surface area (Å²) in [4.78, 5) is 4.33. The summed E-state index contributed by atoms with van der Waals surface area (Å²) in [6.07, 6.45) is 1.76. The molecule has 0 amide bonds. The van der Waals surface area contributed by atoms with E-state index in [1.807, 2.05) is 6.07 Å². The Morgan fingerprint density at radius 2 is 1.46 bits per heavy atom. The fraction of sp³-hybridized carbons (Fsp3) is 0.409. The zero-order chi connectivity index (χ0) is 21.3. The van der Waals surface area contributed by atoms with Crippen molar-refractivity contribution >= 4 is 22.0 Å². The summed E-state index contributed by atoms with van der Waals surface area (Å²) >= 11 is 0. The molecular formula is C22H29NO4S. The second-order valence-corrected chi connectivity index (χ2v) is 10.3. The molecule has 0 atom stereocenters. The van der Waals surface area contributed by atoms with Crippen LogP contribution in [-0.2, 0) is 20.9 Å². The molecule has 0 spiro atoms. The first kappa shape index (κ1) is 22.1. The van der Waals surface area contributed by atoms with E-state index < -0.39 is 10.1 Å². The number of methoxy groups -OCH3 is 1. The topological polar surface area (TPSA) is 76.0 Å². The highest BCUT2D eigenvalue weighted by Crippen LogP contribution is 2.37. The van der Waals surface area contributed by atoms with Crippen LogP contribution in [0.2, 0.25) is 0 Å². The summed E-state index contributed by atoms with van der Waals surface area (Å²) in [6.45, 7) is 12.9. The smallest absolute Gasteiger partial charge is 0.294 e. The first-order chi connectivity index (χ1) is 12.7. The molecule has 2 aromatic rings. The standard InChI is InChI=1S/C22H29NO4S/c1-21(2,3)18-13-19(22(4,5)6)20(27-7)12-15(18)14-23-16-8-10-17(11-9-16)28(24,25)26/h8-14H,1-7H3,(H,24,25,26). The van der Waals surface area contributed by atoms with Crippen LogP contribution in [0.3, 0.4) is 0 Å². The van der Waals surface area contributed by atoms with Gasteiger partial charge in [0.2, 0.25) is 0 Å². The van der Waals surface area contributed by atoms with E-state index in [1.54, 1.807) is 25.5 Å². The van der Waals surface area contributed by atoms with E-state index in [-0.39, 0.29) is 15.7 Å². The molecule has 2 rings (SSSR count). The van der Waals surface area contributed by atoms with Crippen molar-refractivity contribution in [1.82, 2.24) is 0 Å². The Balaban J connectivity index is 2.53. The summed E-state index contributed by atoms with van der Waals surface area (Å²) in [5.74, 6) is 0.809. The zero-order valence-electron chi connectivity index (χ0n) is 17.6. The molecule has 0 aliphatic carbocycles. The Labute approximate surface area is 168 Å². The summed E-state index contributed by atoms with van der Waals surface area (Å²) in [7, 11) is -2.55. The van der Waals surface area contributed by atoms with Gasteiger partial charge in [-0.1, -0.05) is 47.6 Å². The van der Waals surface area contributed by atoms with Crippen LogP contribution in [0.25, 0.3) is 0 Å². The van der Waals surface area contributed by atoms with E-state index in [4.69, 9.17) is 9.29 Å². The Morgan fingerprint density at radius 3 is 1.89 bits per heavy atom. The number of ether oxygens (including phenoxy) is 1. The normalized spacial score (nSPS) is 13.1. The van der Waals surface area contributed by atoms with Gasteiger partial charge in [-0.2, -0.15) is 8.42 Å². The monoisotopic (exact) mass is 403 g/mol. The van der Waals surface area contributed by atoms with Gasteiger partial charge in [-0.3, -0.25) is 9.55 Å². The lowest BCUT2D eigenvalue weighted by Crippen LogP contribution is -2.19. The Bertz CT molecular complexity index is 977. The highest BCUT2D eigenvalue weighted by atomic mass is 32.2. The van der Waals surface area contributed by atoms with Crippen LogP contribution in [0.5, 0.6) is 5.75 Å². The molecule has 0 saturated heterocycles. The van der Waals surface area contributed by atoms with Crippen molar-refractivity contribution in [2.75, 3.05) is 7.11 Å². The van der Waals surface area contributed by atoms with Crippen LogP contribution < -0.4 is 4.74 Å². The van der Waals surface area contributed by atoms with Crippen LogP contribution in [-0.4, -0.2) is 26.3 Å². The molecule has 0 fully saturated rings. The fourth-order valence-electron chi connectivity index (χ4n) is 2.96. The van der Waals surface area contributed by atoms with Crippen molar-refractivity contribution in [1.29, 1.82) is 0 Å². The Hall–Kier alpha value is -2.18. The molecule has 28 heavy (non-hydrogen) atoms. The largest absolute Gasteiger partial charge is 0.496 e. The molecular weight excluding hydrogens is 374 g/mol. The second kappa shape index (κ2) is 7.68. The van der Waals surface area contributed by atoms with Crippen molar-refractivity contribution in [3.63, 3.8) is 0 Å². The third kappa shape index (κ3) is 5.20. The molecule has 0 saturated carbocycles. The van der Waals surface area contributed by atoms with Crippen LogP contribution in [0.15, 0.2) is 46.3 Å². The molecule has 0 aliphatic rings. The number of benzene rings is 2. The first-order valence-electron chi connectivity index (χ1n) is 9.08. The van der Waals surface area contributed by atoms with Gasteiger partial charge in [0.25, 0.3) is 10.1 Å². The molecule has 1 N–H and O–H groups in total. The van der Waals surface area contributed by atoms with Gasteiger partial charge in [-0.05, 0) is 52.3 Å². The Morgan fingerprint density at radius 1 is 0.929 bits per heavy atom. The highest BCUT2D eigenvalue weighted by Gasteiger charge is 2.25. The maximum atomic E-state index is 11.2. The van der Waals surface area contributed by atoms with Crippen LogP contribution in [0.1, 0.15) is 58.2 Å². The molecule has 6 heteroatoms. The average molecular weight is 404 g/mol. The average Bonchev–Trinajstić information content (AvgIpc) is 2.57. The molecule has 0 heterocycles. The zero-order valence-corrected chi connectivity index (χ0v) is 18.4. The van der Waals surface area contributed by atoms with E-state index in [1.165, 1.54) is 12.1 Å². The van der Waals surface area contributed by atoms with Gasteiger partial charge in [0.1, 0.15) is 5.75 Å². The van der Waals surface area contributed by atoms with Gasteiger partial charge < -0.3 is 4.74 Å². The van der Waals surface area contributed by atoms with Crippen molar-refractivity contribution in [2.24, 2.45) is 4.99 Å². The van der Waals surface area contributed by atoms with E-state index in [9.17, 15) is 8.42 Å². The molecule has 0 radical (unpaired) electrons. The number of hydrogen-bond donors (Lipinski definition) is 1. The third-order valence-corrected chi connectivity index (χ3v) is 5.34. The maximum Gasteiger partial charge on any atom is 0.294 e. The second-order valence-electron chi connectivity index (χ2n) is 8.87. The third-order valence-electron chi connectivity index (χ3n) is 4.47. The van der Waals surface area contributed by atoms with Gasteiger partial charge in [-0.25, -0.2) is 0 Å². The highest BCUT2D eigenvalue weighted by molar-refractivity contribution is 7.85. The SMILES string of the molecule is COc1cc(C=Nc2ccc(S(=O)(=O)O)cc2)c(C(C)(C)C)cc1C(C)(C)C. The number of aliphatic imine (C=N–C) groups is 1. The fourth-order valence-corrected chi connectivity index (χ4v) is 3.44. The van der Waals surface area contributed by atoms with E-state index in [2.05, 4.69) is 52.6 Å². The van der Waals surface area contributed by atoms with Gasteiger partial charge in [-0.15, -0.1) is 0 Å². The number of rotatable bonds is 4. The van der Waals surface area contributed by atoms with Crippen LogP contribution >= 0.6 is 0 Å². The quantitative estimate of drug-likeness (QED) is 0.556. The minimum absolute atomic E-state index is 0.0629. The first-order valence-corrected chi connectivity index (χ1v) is 10.5. The lowest BCUT2D eigenvalue weighted by atomic mass is 9.78. The maximum absolute atomic E-state index is 11.2. The molecule has 0 unspecified atom stereocenters. The van der Waals surface area contributed by atoms with E-state index >= 15 is 0 Å². The minimum Gasteiger partial charge on any atom is -0.496 e. The van der Waals surface area contributed by atoms with Gasteiger partial charge >= 0.3 is 0 Å². The number of hydrogen-bond acceptors (Lipinski definition) is 4. The van der Waals surface area contributed by atoms with Gasteiger partial charge in [0, 0.05) is 11.8 Å².